The molecule has 0 amide bonds. The number of rotatable bonds is 5. The summed E-state index contributed by atoms with van der Waals surface area (Å²) in [6.45, 7) is 1.95. The lowest BCUT2D eigenvalue weighted by atomic mass is 10.3. The van der Waals surface area contributed by atoms with Gasteiger partial charge in [-0.15, -0.1) is 11.8 Å². The number of thioether (sulfide) groups is 1. The summed E-state index contributed by atoms with van der Waals surface area (Å²) in [6, 6.07) is 2.53. The first-order valence-electron chi connectivity index (χ1n) is 4.87. The maximum atomic E-state index is 11.2. The number of nitro benzene ring substituents is 1. The minimum atomic E-state index is -0.574. The first-order valence-corrected chi connectivity index (χ1v) is 6.61. The molecular formula is C10H9Cl2NO4S. The van der Waals surface area contributed by atoms with Crippen LogP contribution in [0.1, 0.15) is 6.92 Å². The second-order valence-corrected chi connectivity index (χ2v) is 4.92. The number of hydrogen-bond donors (Lipinski definition) is 0. The molecule has 0 aliphatic carbocycles. The first kappa shape index (κ1) is 15.1. The molecule has 0 unspecified atom stereocenters. The summed E-state index contributed by atoms with van der Waals surface area (Å²) in [6.07, 6.45) is 0. The molecule has 0 saturated carbocycles. The van der Waals surface area contributed by atoms with Gasteiger partial charge in [-0.2, -0.15) is 0 Å². The smallest absolute Gasteiger partial charge is 0.316 e. The average molecular weight is 310 g/mol. The number of hydrogen-bond acceptors (Lipinski definition) is 5. The third-order valence-electron chi connectivity index (χ3n) is 1.85. The number of benzene rings is 1. The second-order valence-electron chi connectivity index (χ2n) is 3.08. The summed E-state index contributed by atoms with van der Waals surface area (Å²) < 4.78 is 4.73. The van der Waals surface area contributed by atoms with E-state index in [2.05, 4.69) is 0 Å². The summed E-state index contributed by atoms with van der Waals surface area (Å²) in [4.78, 5) is 21.7. The molecule has 0 fully saturated rings. The number of ether oxygens (including phenoxy) is 1. The van der Waals surface area contributed by atoms with Gasteiger partial charge in [-0.1, -0.05) is 23.2 Å². The molecule has 1 aromatic rings. The molecular weight excluding hydrogens is 301 g/mol. The molecule has 1 rings (SSSR count). The van der Waals surface area contributed by atoms with Gasteiger partial charge in [0, 0.05) is 6.07 Å². The molecule has 0 aliphatic rings. The molecule has 0 N–H and O–H groups in total. The van der Waals surface area contributed by atoms with Gasteiger partial charge in [0.25, 0.3) is 5.69 Å². The highest BCUT2D eigenvalue weighted by atomic mass is 35.5. The predicted molar refractivity (Wildman–Crippen MR) is 70.5 cm³/mol. The van der Waals surface area contributed by atoms with E-state index in [4.69, 9.17) is 27.9 Å². The van der Waals surface area contributed by atoms with Crippen molar-refractivity contribution in [1.29, 1.82) is 0 Å². The SMILES string of the molecule is CCOC(=O)CSc1cc(Cl)c(Cl)cc1[N+](=O)[O-]. The molecule has 0 bridgehead atoms. The average Bonchev–Trinajstić information content (AvgIpc) is 2.30. The van der Waals surface area contributed by atoms with Crippen LogP contribution in [0.5, 0.6) is 0 Å². The third kappa shape index (κ3) is 4.04. The van der Waals surface area contributed by atoms with Crippen LogP contribution in [0.3, 0.4) is 0 Å². The van der Waals surface area contributed by atoms with Crippen LogP contribution in [-0.4, -0.2) is 23.3 Å². The Morgan fingerprint density at radius 1 is 1.44 bits per heavy atom. The normalized spacial score (nSPS) is 10.2. The Morgan fingerprint density at radius 2 is 2.06 bits per heavy atom. The fourth-order valence-corrected chi connectivity index (χ4v) is 2.34. The Morgan fingerprint density at radius 3 is 2.61 bits per heavy atom. The summed E-state index contributed by atoms with van der Waals surface area (Å²) in [5.41, 5.74) is -0.182. The molecule has 0 spiro atoms. The van der Waals surface area contributed by atoms with Crippen LogP contribution >= 0.6 is 35.0 Å². The number of esters is 1. The Hall–Kier alpha value is -0.980. The van der Waals surface area contributed by atoms with Crippen molar-refractivity contribution in [2.75, 3.05) is 12.4 Å². The molecule has 0 aromatic heterocycles. The standard InChI is InChI=1S/C10H9Cl2NO4S/c1-2-17-10(14)5-18-9-4-7(12)6(11)3-8(9)13(15)16/h3-4H,2,5H2,1H3. The summed E-state index contributed by atoms with van der Waals surface area (Å²) >= 11 is 12.5. The molecule has 5 nitrogen and oxygen atoms in total. The third-order valence-corrected chi connectivity index (χ3v) is 3.59. The molecule has 0 atom stereocenters. The Balaban J connectivity index is 2.90. The Labute approximate surface area is 118 Å². The van der Waals surface area contributed by atoms with Crippen LogP contribution in [-0.2, 0) is 9.53 Å². The number of carbonyl (C=O) groups excluding carboxylic acids is 1. The van der Waals surface area contributed by atoms with Crippen LogP contribution in [0, 0.1) is 10.1 Å². The topological polar surface area (TPSA) is 69.4 Å². The fraction of sp³-hybridized carbons (Fsp3) is 0.300. The van der Waals surface area contributed by atoms with Crippen LogP contribution in [0.2, 0.25) is 10.0 Å². The summed E-state index contributed by atoms with van der Waals surface area (Å²) in [7, 11) is 0. The molecule has 1 aromatic carbocycles. The van der Waals surface area contributed by atoms with E-state index in [0.717, 1.165) is 17.8 Å². The largest absolute Gasteiger partial charge is 0.465 e. The minimum Gasteiger partial charge on any atom is -0.465 e. The van der Waals surface area contributed by atoms with Gasteiger partial charge in [0.05, 0.1) is 32.2 Å². The fourth-order valence-electron chi connectivity index (χ4n) is 1.12. The lowest BCUT2D eigenvalue weighted by Gasteiger charge is -2.05. The zero-order chi connectivity index (χ0) is 13.7. The monoisotopic (exact) mass is 309 g/mol. The van der Waals surface area contributed by atoms with Gasteiger partial charge in [0.2, 0.25) is 0 Å². The lowest BCUT2D eigenvalue weighted by molar-refractivity contribution is -0.387. The summed E-state index contributed by atoms with van der Waals surface area (Å²) in [5, 5.41) is 11.1. The van der Waals surface area contributed by atoms with E-state index in [0.29, 0.717) is 0 Å². The maximum absolute atomic E-state index is 11.2. The Bertz CT molecular complexity index is 481. The van der Waals surface area contributed by atoms with Crippen molar-refractivity contribution in [2.24, 2.45) is 0 Å². The van der Waals surface area contributed by atoms with Crippen LogP contribution in [0.25, 0.3) is 0 Å². The van der Waals surface area contributed by atoms with Crippen LogP contribution in [0.15, 0.2) is 17.0 Å². The lowest BCUT2D eigenvalue weighted by Crippen LogP contribution is -2.06. The zero-order valence-electron chi connectivity index (χ0n) is 9.31. The number of halogens is 2. The van der Waals surface area contributed by atoms with Gasteiger partial charge < -0.3 is 4.74 Å². The van der Waals surface area contributed by atoms with Crippen molar-refractivity contribution in [3.63, 3.8) is 0 Å². The van der Waals surface area contributed by atoms with E-state index in [1.807, 2.05) is 0 Å². The van der Waals surface area contributed by atoms with Gasteiger partial charge in [-0.3, -0.25) is 14.9 Å². The van der Waals surface area contributed by atoms with Gasteiger partial charge in [0.15, 0.2) is 0 Å². The van der Waals surface area contributed by atoms with E-state index >= 15 is 0 Å². The van der Waals surface area contributed by atoms with Gasteiger partial charge >= 0.3 is 5.97 Å². The highest BCUT2D eigenvalue weighted by Crippen LogP contribution is 2.36. The van der Waals surface area contributed by atoms with Crippen molar-refractivity contribution in [2.45, 2.75) is 11.8 Å². The zero-order valence-corrected chi connectivity index (χ0v) is 11.6. The van der Waals surface area contributed by atoms with Gasteiger partial charge in [-0.05, 0) is 13.0 Å². The van der Waals surface area contributed by atoms with Crippen molar-refractivity contribution >= 4 is 46.6 Å². The second kappa shape index (κ2) is 6.82. The summed E-state index contributed by atoms with van der Waals surface area (Å²) in [5.74, 6) is -0.463. The Kier molecular flexibility index (Phi) is 5.71. The van der Waals surface area contributed by atoms with E-state index in [-0.39, 0.29) is 33.0 Å². The van der Waals surface area contributed by atoms with E-state index in [1.54, 1.807) is 6.92 Å². The molecule has 18 heavy (non-hydrogen) atoms. The number of nitro groups is 1. The quantitative estimate of drug-likeness (QED) is 0.360. The van der Waals surface area contributed by atoms with Gasteiger partial charge in [0.1, 0.15) is 0 Å². The van der Waals surface area contributed by atoms with Gasteiger partial charge in [-0.25, -0.2) is 0 Å². The van der Waals surface area contributed by atoms with E-state index in [1.165, 1.54) is 6.07 Å². The molecule has 98 valence electrons. The van der Waals surface area contributed by atoms with E-state index < -0.39 is 10.9 Å². The van der Waals surface area contributed by atoms with Crippen molar-refractivity contribution in [3.05, 3.63) is 32.3 Å². The van der Waals surface area contributed by atoms with Crippen molar-refractivity contribution in [1.82, 2.24) is 0 Å². The van der Waals surface area contributed by atoms with Crippen molar-refractivity contribution in [3.8, 4) is 0 Å². The molecule has 0 aliphatic heterocycles. The van der Waals surface area contributed by atoms with Crippen molar-refractivity contribution < 1.29 is 14.5 Å². The minimum absolute atomic E-state index is 0.0212. The molecule has 0 heterocycles. The van der Waals surface area contributed by atoms with Crippen LogP contribution < -0.4 is 0 Å². The van der Waals surface area contributed by atoms with E-state index in [9.17, 15) is 14.9 Å². The number of carbonyl (C=O) groups is 1. The maximum Gasteiger partial charge on any atom is 0.316 e. The molecule has 8 heteroatoms. The number of nitrogens with zero attached hydrogens (tertiary/aromatic N) is 1. The molecule has 0 saturated heterocycles. The predicted octanol–water partition coefficient (Wildman–Crippen LogP) is 3.56. The first-order chi connectivity index (χ1) is 8.45. The molecule has 0 radical (unpaired) electrons. The highest BCUT2D eigenvalue weighted by Gasteiger charge is 2.18. The highest BCUT2D eigenvalue weighted by molar-refractivity contribution is 8.00. The van der Waals surface area contributed by atoms with Crippen LogP contribution in [0.4, 0.5) is 5.69 Å².